The topological polar surface area (TPSA) is 71.6 Å². The summed E-state index contributed by atoms with van der Waals surface area (Å²) in [6.45, 7) is 0.577. The van der Waals surface area contributed by atoms with Crippen LogP contribution in [0.3, 0.4) is 0 Å². The van der Waals surface area contributed by atoms with Crippen LogP contribution in [0.25, 0.3) is 6.08 Å². The molecule has 0 fully saturated rings. The highest BCUT2D eigenvalue weighted by molar-refractivity contribution is 5.72. The van der Waals surface area contributed by atoms with Gasteiger partial charge >= 0.3 is 0 Å². The molecule has 0 spiro atoms. The van der Waals surface area contributed by atoms with Gasteiger partial charge in [0.05, 0.1) is 24.4 Å². The number of carbonyl (C=O) groups is 1. The molecule has 0 aliphatic rings. The molecule has 0 bridgehead atoms. The second-order valence-electron chi connectivity index (χ2n) is 3.64. The summed E-state index contributed by atoms with van der Waals surface area (Å²) in [4.78, 5) is 10.2. The summed E-state index contributed by atoms with van der Waals surface area (Å²) in [5.41, 5.74) is 2.30. The third kappa shape index (κ3) is 2.89. The first kappa shape index (κ1) is 11.7. The molecule has 1 heterocycles. The maximum absolute atomic E-state index is 10.2. The van der Waals surface area contributed by atoms with Crippen LogP contribution in [0.2, 0.25) is 0 Å². The second-order valence-corrected chi connectivity index (χ2v) is 3.64. The number of carbonyl (C=O) groups excluding carboxylic acids is 1. The normalized spacial score (nSPS) is 10.4. The monoisotopic (exact) mass is 238 g/mol. The van der Waals surface area contributed by atoms with E-state index in [1.807, 2.05) is 12.1 Å². The van der Waals surface area contributed by atoms with Gasteiger partial charge in [-0.15, -0.1) is 5.10 Å². The zero-order valence-electron chi connectivity index (χ0n) is 9.52. The fraction of sp³-hybridized carbons (Fsp3) is 0.0769. The molecule has 0 radical (unpaired) electrons. The highest BCUT2D eigenvalue weighted by Crippen LogP contribution is 2.05. The Morgan fingerprint density at radius 2 is 2.11 bits per heavy atom. The van der Waals surface area contributed by atoms with Crippen molar-refractivity contribution < 1.29 is 4.79 Å². The van der Waals surface area contributed by atoms with Gasteiger partial charge in [0.25, 0.3) is 0 Å². The lowest BCUT2D eigenvalue weighted by Crippen LogP contribution is -2.00. The Morgan fingerprint density at radius 1 is 1.33 bits per heavy atom. The number of hydrogen-bond donors (Lipinski definition) is 0. The molecular weight excluding hydrogens is 228 g/mol. The molecule has 0 N–H and O–H groups in total. The molecule has 5 nitrogen and oxygen atoms in total. The lowest BCUT2D eigenvalue weighted by molar-refractivity contribution is -0.104. The largest absolute Gasteiger partial charge is 0.299 e. The Hall–Kier alpha value is -2.74. The maximum atomic E-state index is 10.2. The summed E-state index contributed by atoms with van der Waals surface area (Å²) in [5, 5.41) is 16.5. The van der Waals surface area contributed by atoms with Crippen LogP contribution in [0, 0.1) is 11.3 Å². The molecule has 0 unspecified atom stereocenters. The van der Waals surface area contributed by atoms with E-state index in [-0.39, 0.29) is 0 Å². The first-order valence-electron chi connectivity index (χ1n) is 5.33. The predicted molar refractivity (Wildman–Crippen MR) is 65.4 cm³/mol. The SMILES string of the molecule is N#Cc1ccc(Cn2cc(/C=C/C=O)nn2)cc1. The molecule has 5 heteroatoms. The molecule has 0 aliphatic heterocycles. The Kier molecular flexibility index (Phi) is 3.62. The van der Waals surface area contributed by atoms with Crippen LogP contribution in [-0.4, -0.2) is 21.3 Å². The van der Waals surface area contributed by atoms with Gasteiger partial charge in [-0.2, -0.15) is 5.26 Å². The van der Waals surface area contributed by atoms with Gasteiger partial charge in [0.15, 0.2) is 0 Å². The second kappa shape index (κ2) is 5.55. The van der Waals surface area contributed by atoms with Crippen molar-refractivity contribution >= 4 is 12.4 Å². The van der Waals surface area contributed by atoms with E-state index in [1.54, 1.807) is 29.1 Å². The first-order chi connectivity index (χ1) is 8.81. The summed E-state index contributed by atoms with van der Waals surface area (Å²) in [5.74, 6) is 0. The van der Waals surface area contributed by atoms with Crippen LogP contribution in [0.15, 0.2) is 36.5 Å². The third-order valence-corrected chi connectivity index (χ3v) is 2.33. The zero-order chi connectivity index (χ0) is 12.8. The molecule has 88 valence electrons. The molecule has 0 saturated heterocycles. The Labute approximate surface area is 104 Å². The lowest BCUT2D eigenvalue weighted by Gasteiger charge is -2.00. The van der Waals surface area contributed by atoms with Crippen molar-refractivity contribution in [2.45, 2.75) is 6.54 Å². The smallest absolute Gasteiger partial charge is 0.142 e. The molecule has 2 rings (SSSR count). The lowest BCUT2D eigenvalue weighted by atomic mass is 10.1. The van der Waals surface area contributed by atoms with Crippen molar-refractivity contribution in [2.75, 3.05) is 0 Å². The summed E-state index contributed by atoms with van der Waals surface area (Å²) in [7, 11) is 0. The molecule has 0 amide bonds. The van der Waals surface area contributed by atoms with Crippen LogP contribution in [-0.2, 0) is 11.3 Å². The van der Waals surface area contributed by atoms with E-state index in [9.17, 15) is 4.79 Å². The van der Waals surface area contributed by atoms with Crippen LogP contribution in [0.1, 0.15) is 16.8 Å². The number of nitrogens with zero attached hydrogens (tertiary/aromatic N) is 4. The Balaban J connectivity index is 2.09. The quantitative estimate of drug-likeness (QED) is 0.596. The standard InChI is InChI=1S/C13H10N4O/c14-8-11-3-5-12(6-4-11)9-17-10-13(15-16-17)2-1-7-18/h1-7,10H,9H2/b2-1+. The summed E-state index contributed by atoms with van der Waals surface area (Å²) < 4.78 is 1.67. The molecule has 0 atom stereocenters. The van der Waals surface area contributed by atoms with Crippen LogP contribution >= 0.6 is 0 Å². The van der Waals surface area contributed by atoms with Gasteiger partial charge in [0.2, 0.25) is 0 Å². The van der Waals surface area contributed by atoms with E-state index >= 15 is 0 Å². The number of benzene rings is 1. The predicted octanol–water partition coefficient (Wildman–Crippen LogP) is 1.41. The Morgan fingerprint density at radius 3 is 2.78 bits per heavy atom. The maximum Gasteiger partial charge on any atom is 0.142 e. The Bertz CT molecular complexity index is 605. The number of nitriles is 1. The van der Waals surface area contributed by atoms with Crippen LogP contribution < -0.4 is 0 Å². The van der Waals surface area contributed by atoms with E-state index < -0.39 is 0 Å². The van der Waals surface area contributed by atoms with E-state index in [4.69, 9.17) is 5.26 Å². The minimum atomic E-state index is 0.577. The minimum Gasteiger partial charge on any atom is -0.299 e. The molecular formula is C13H10N4O. The van der Waals surface area contributed by atoms with Gasteiger partial charge in [0, 0.05) is 0 Å². The van der Waals surface area contributed by atoms with E-state index in [2.05, 4.69) is 16.4 Å². The summed E-state index contributed by atoms with van der Waals surface area (Å²) >= 11 is 0. The average Bonchev–Trinajstić information content (AvgIpc) is 2.85. The van der Waals surface area contributed by atoms with Crippen molar-refractivity contribution in [1.29, 1.82) is 5.26 Å². The average molecular weight is 238 g/mol. The van der Waals surface area contributed by atoms with Gasteiger partial charge in [0.1, 0.15) is 12.0 Å². The van der Waals surface area contributed by atoms with Crippen LogP contribution in [0.4, 0.5) is 0 Å². The fourth-order valence-corrected chi connectivity index (χ4v) is 1.48. The summed E-state index contributed by atoms with van der Waals surface area (Å²) in [6, 6.07) is 9.35. The van der Waals surface area contributed by atoms with Gasteiger partial charge in [-0.3, -0.25) is 4.79 Å². The van der Waals surface area contributed by atoms with Gasteiger partial charge in [-0.25, -0.2) is 4.68 Å². The van der Waals surface area contributed by atoms with Crippen molar-refractivity contribution in [1.82, 2.24) is 15.0 Å². The molecule has 2 aromatic rings. The van der Waals surface area contributed by atoms with E-state index in [1.165, 1.54) is 6.08 Å². The van der Waals surface area contributed by atoms with Crippen molar-refractivity contribution in [3.05, 3.63) is 53.4 Å². The molecule has 0 aliphatic carbocycles. The van der Waals surface area contributed by atoms with Crippen molar-refractivity contribution in [3.8, 4) is 6.07 Å². The highest BCUT2D eigenvalue weighted by atomic mass is 16.1. The number of allylic oxidation sites excluding steroid dienone is 1. The molecule has 1 aromatic carbocycles. The first-order valence-corrected chi connectivity index (χ1v) is 5.33. The number of rotatable bonds is 4. The van der Waals surface area contributed by atoms with Crippen molar-refractivity contribution in [2.24, 2.45) is 0 Å². The molecule has 1 aromatic heterocycles. The van der Waals surface area contributed by atoms with Gasteiger partial charge in [-0.1, -0.05) is 17.3 Å². The van der Waals surface area contributed by atoms with Gasteiger partial charge < -0.3 is 0 Å². The number of hydrogen-bond acceptors (Lipinski definition) is 4. The minimum absolute atomic E-state index is 0.577. The zero-order valence-corrected chi connectivity index (χ0v) is 9.52. The van der Waals surface area contributed by atoms with E-state index in [0.717, 1.165) is 5.56 Å². The molecule has 0 saturated carbocycles. The fourth-order valence-electron chi connectivity index (χ4n) is 1.48. The third-order valence-electron chi connectivity index (χ3n) is 2.33. The van der Waals surface area contributed by atoms with Gasteiger partial charge in [-0.05, 0) is 29.8 Å². The van der Waals surface area contributed by atoms with Crippen LogP contribution in [0.5, 0.6) is 0 Å². The van der Waals surface area contributed by atoms with Crippen molar-refractivity contribution in [3.63, 3.8) is 0 Å². The van der Waals surface area contributed by atoms with E-state index in [0.29, 0.717) is 24.1 Å². The number of aldehydes is 1. The highest BCUT2D eigenvalue weighted by Gasteiger charge is 1.99. The summed E-state index contributed by atoms with van der Waals surface area (Å²) in [6.07, 6.45) is 5.41. The number of aromatic nitrogens is 3. The molecule has 18 heavy (non-hydrogen) atoms.